The second-order valence-corrected chi connectivity index (χ2v) is 4.75. The van der Waals surface area contributed by atoms with Crippen molar-refractivity contribution in [2.75, 3.05) is 13.1 Å². The lowest BCUT2D eigenvalue weighted by atomic mass is 9.88. The zero-order valence-corrected chi connectivity index (χ0v) is 8.35. The van der Waals surface area contributed by atoms with E-state index in [1.165, 1.54) is 25.9 Å². The molecule has 1 heteroatoms. The summed E-state index contributed by atoms with van der Waals surface area (Å²) in [6.45, 7) is 12.0. The van der Waals surface area contributed by atoms with Gasteiger partial charge in [-0.3, -0.25) is 4.90 Å². The van der Waals surface area contributed by atoms with Gasteiger partial charge < -0.3 is 0 Å². The molecular weight excluding hydrogens is 134 g/mol. The number of nitrogens with zero attached hydrogens (tertiary/aromatic N) is 1. The van der Waals surface area contributed by atoms with Crippen molar-refractivity contribution in [3.63, 3.8) is 0 Å². The molecule has 0 N–H and O–H groups in total. The van der Waals surface area contributed by atoms with Gasteiger partial charge in [-0.25, -0.2) is 0 Å². The van der Waals surface area contributed by atoms with Gasteiger partial charge in [0.05, 0.1) is 0 Å². The molecule has 0 spiro atoms. The minimum atomic E-state index is 0.451. The number of likely N-dealkylation sites (tertiary alicyclic amines) is 1. The molecule has 1 rings (SSSR count). The van der Waals surface area contributed by atoms with Gasteiger partial charge in [-0.05, 0) is 45.7 Å². The Morgan fingerprint density at radius 2 is 1.82 bits per heavy atom. The van der Waals surface area contributed by atoms with Gasteiger partial charge in [-0.1, -0.05) is 13.8 Å². The predicted molar refractivity (Wildman–Crippen MR) is 49.7 cm³/mol. The molecule has 0 aromatic rings. The van der Waals surface area contributed by atoms with Crippen LogP contribution >= 0.6 is 0 Å². The average molecular weight is 155 g/mol. The van der Waals surface area contributed by atoms with Gasteiger partial charge >= 0.3 is 0 Å². The van der Waals surface area contributed by atoms with Crippen LogP contribution in [0, 0.1) is 5.92 Å². The standard InChI is InChI=1S/C10H21N/c1-9(2)8-10(3,4)11-6-5-7-11/h9H,5-8H2,1-4H3. The van der Waals surface area contributed by atoms with E-state index in [0.717, 1.165) is 5.92 Å². The van der Waals surface area contributed by atoms with E-state index in [1.54, 1.807) is 0 Å². The molecule has 0 bridgehead atoms. The Kier molecular flexibility index (Phi) is 2.58. The van der Waals surface area contributed by atoms with Crippen LogP contribution in [-0.4, -0.2) is 23.5 Å². The molecule has 1 saturated heterocycles. The third-order valence-electron chi connectivity index (χ3n) is 2.62. The Morgan fingerprint density at radius 3 is 2.09 bits per heavy atom. The highest BCUT2D eigenvalue weighted by molar-refractivity contribution is 4.87. The molecular formula is C10H21N. The van der Waals surface area contributed by atoms with Crippen LogP contribution in [0.3, 0.4) is 0 Å². The summed E-state index contributed by atoms with van der Waals surface area (Å²) in [4.78, 5) is 2.59. The largest absolute Gasteiger partial charge is 0.298 e. The topological polar surface area (TPSA) is 3.24 Å². The number of hydrogen-bond donors (Lipinski definition) is 0. The minimum Gasteiger partial charge on any atom is -0.298 e. The summed E-state index contributed by atoms with van der Waals surface area (Å²) in [7, 11) is 0. The van der Waals surface area contributed by atoms with Crippen LogP contribution in [-0.2, 0) is 0 Å². The average Bonchev–Trinajstić information content (AvgIpc) is 1.50. The van der Waals surface area contributed by atoms with Crippen LogP contribution in [0.4, 0.5) is 0 Å². The molecule has 0 atom stereocenters. The van der Waals surface area contributed by atoms with E-state index in [2.05, 4.69) is 32.6 Å². The molecule has 1 fully saturated rings. The summed E-state index contributed by atoms with van der Waals surface area (Å²) in [5, 5.41) is 0. The van der Waals surface area contributed by atoms with Crippen molar-refractivity contribution in [3.8, 4) is 0 Å². The van der Waals surface area contributed by atoms with Crippen molar-refractivity contribution in [1.29, 1.82) is 0 Å². The Balaban J connectivity index is 2.37. The second-order valence-electron chi connectivity index (χ2n) is 4.75. The zero-order valence-electron chi connectivity index (χ0n) is 8.35. The fraction of sp³-hybridized carbons (Fsp3) is 1.00. The molecule has 0 radical (unpaired) electrons. The predicted octanol–water partition coefficient (Wildman–Crippen LogP) is 2.52. The normalized spacial score (nSPS) is 20.5. The lowest BCUT2D eigenvalue weighted by Crippen LogP contribution is -2.52. The fourth-order valence-corrected chi connectivity index (χ4v) is 2.05. The van der Waals surface area contributed by atoms with Crippen molar-refractivity contribution in [2.45, 2.75) is 46.1 Å². The first-order chi connectivity index (χ1) is 5.02. The molecule has 1 aliphatic rings. The van der Waals surface area contributed by atoms with E-state index in [9.17, 15) is 0 Å². The SMILES string of the molecule is CC(C)CC(C)(C)N1CCC1. The molecule has 0 aromatic heterocycles. The molecule has 66 valence electrons. The summed E-state index contributed by atoms with van der Waals surface area (Å²) in [5.74, 6) is 0.825. The molecule has 1 heterocycles. The maximum Gasteiger partial charge on any atom is 0.0155 e. The maximum absolute atomic E-state index is 2.59. The van der Waals surface area contributed by atoms with Crippen molar-refractivity contribution < 1.29 is 0 Å². The van der Waals surface area contributed by atoms with Gasteiger partial charge in [0.1, 0.15) is 0 Å². The van der Waals surface area contributed by atoms with Crippen LogP contribution in [0.5, 0.6) is 0 Å². The van der Waals surface area contributed by atoms with Crippen molar-refractivity contribution in [3.05, 3.63) is 0 Å². The summed E-state index contributed by atoms with van der Waals surface area (Å²) in [5.41, 5.74) is 0.451. The third kappa shape index (κ3) is 2.19. The highest BCUT2D eigenvalue weighted by atomic mass is 15.2. The van der Waals surface area contributed by atoms with Crippen molar-refractivity contribution in [2.24, 2.45) is 5.92 Å². The van der Waals surface area contributed by atoms with Crippen LogP contribution < -0.4 is 0 Å². The molecule has 0 unspecified atom stereocenters. The molecule has 0 aliphatic carbocycles. The Labute approximate surface area is 70.8 Å². The third-order valence-corrected chi connectivity index (χ3v) is 2.62. The minimum absolute atomic E-state index is 0.451. The second kappa shape index (κ2) is 3.14. The van der Waals surface area contributed by atoms with Gasteiger partial charge in [0, 0.05) is 5.54 Å². The number of hydrogen-bond acceptors (Lipinski definition) is 1. The first kappa shape index (κ1) is 9.05. The highest BCUT2D eigenvalue weighted by Gasteiger charge is 2.30. The number of rotatable bonds is 3. The monoisotopic (exact) mass is 155 g/mol. The lowest BCUT2D eigenvalue weighted by Gasteiger charge is -2.45. The first-order valence-electron chi connectivity index (χ1n) is 4.77. The Hall–Kier alpha value is -0.0400. The highest BCUT2D eigenvalue weighted by Crippen LogP contribution is 2.27. The smallest absolute Gasteiger partial charge is 0.0155 e. The maximum atomic E-state index is 2.59. The molecule has 1 aliphatic heterocycles. The molecule has 1 nitrogen and oxygen atoms in total. The van der Waals surface area contributed by atoms with E-state index >= 15 is 0 Å². The summed E-state index contributed by atoms with van der Waals surface area (Å²) < 4.78 is 0. The van der Waals surface area contributed by atoms with E-state index in [-0.39, 0.29) is 0 Å². The summed E-state index contributed by atoms with van der Waals surface area (Å²) in [6, 6.07) is 0. The van der Waals surface area contributed by atoms with Crippen LogP contribution in [0.15, 0.2) is 0 Å². The van der Waals surface area contributed by atoms with E-state index < -0.39 is 0 Å². The van der Waals surface area contributed by atoms with Crippen LogP contribution in [0.1, 0.15) is 40.5 Å². The van der Waals surface area contributed by atoms with Crippen molar-refractivity contribution in [1.82, 2.24) is 4.90 Å². The van der Waals surface area contributed by atoms with Crippen LogP contribution in [0.2, 0.25) is 0 Å². The van der Waals surface area contributed by atoms with Gasteiger partial charge in [0.2, 0.25) is 0 Å². The van der Waals surface area contributed by atoms with Gasteiger partial charge in [0.25, 0.3) is 0 Å². The lowest BCUT2D eigenvalue weighted by molar-refractivity contribution is 0.0402. The van der Waals surface area contributed by atoms with Gasteiger partial charge in [-0.2, -0.15) is 0 Å². The van der Waals surface area contributed by atoms with Crippen LogP contribution in [0.25, 0.3) is 0 Å². The summed E-state index contributed by atoms with van der Waals surface area (Å²) in [6.07, 6.45) is 2.73. The Morgan fingerprint density at radius 1 is 1.27 bits per heavy atom. The van der Waals surface area contributed by atoms with E-state index in [1.807, 2.05) is 0 Å². The van der Waals surface area contributed by atoms with Gasteiger partial charge in [0.15, 0.2) is 0 Å². The molecule has 11 heavy (non-hydrogen) atoms. The first-order valence-corrected chi connectivity index (χ1v) is 4.77. The quantitative estimate of drug-likeness (QED) is 0.605. The molecule has 0 saturated carbocycles. The fourth-order valence-electron chi connectivity index (χ4n) is 2.05. The van der Waals surface area contributed by atoms with Gasteiger partial charge in [-0.15, -0.1) is 0 Å². The summed E-state index contributed by atoms with van der Waals surface area (Å²) >= 11 is 0. The molecule has 0 amide bonds. The van der Waals surface area contributed by atoms with E-state index in [0.29, 0.717) is 5.54 Å². The Bertz CT molecular complexity index is 123. The molecule has 0 aromatic carbocycles. The van der Waals surface area contributed by atoms with E-state index in [4.69, 9.17) is 0 Å². The zero-order chi connectivity index (χ0) is 8.48. The van der Waals surface area contributed by atoms with Crippen molar-refractivity contribution >= 4 is 0 Å².